The van der Waals surface area contributed by atoms with Crippen molar-refractivity contribution in [3.63, 3.8) is 0 Å². The average molecular weight is 522 g/mol. The zero-order chi connectivity index (χ0) is 25.1. The van der Waals surface area contributed by atoms with Crippen LogP contribution in [0.1, 0.15) is 28.5 Å². The first kappa shape index (κ1) is 24.3. The Morgan fingerprint density at radius 1 is 0.944 bits per heavy atom. The first-order valence-electron chi connectivity index (χ1n) is 11.8. The molecule has 0 unspecified atom stereocenters. The van der Waals surface area contributed by atoms with Gasteiger partial charge in [-0.1, -0.05) is 53.5 Å². The van der Waals surface area contributed by atoms with Crippen molar-refractivity contribution in [2.24, 2.45) is 0 Å². The molecule has 0 bridgehead atoms. The van der Waals surface area contributed by atoms with Gasteiger partial charge in [0.1, 0.15) is 5.82 Å². The fourth-order valence-corrected chi connectivity index (χ4v) is 4.89. The van der Waals surface area contributed by atoms with Crippen molar-refractivity contribution in [3.8, 4) is 0 Å². The number of carbonyl (C=O) groups is 1. The molecule has 0 spiro atoms. The predicted molar refractivity (Wildman–Crippen MR) is 143 cm³/mol. The lowest BCUT2D eigenvalue weighted by Crippen LogP contribution is -2.47. The van der Waals surface area contributed by atoms with E-state index >= 15 is 0 Å². The number of fused-ring (bicyclic) bond motifs is 1. The molecular weight excluding hydrogens is 497 g/mol. The molecule has 0 saturated carbocycles. The number of anilines is 2. The fourth-order valence-electron chi connectivity index (χ4n) is 4.41. The number of rotatable bonds is 6. The summed E-state index contributed by atoms with van der Waals surface area (Å²) < 4.78 is 5.04. The van der Waals surface area contributed by atoms with Crippen LogP contribution in [-0.4, -0.2) is 53.9 Å². The third-order valence-corrected chi connectivity index (χ3v) is 6.87. The number of ether oxygens (including phenoxy) is 1. The van der Waals surface area contributed by atoms with Gasteiger partial charge >= 0.3 is 5.97 Å². The molecule has 9 heteroatoms. The van der Waals surface area contributed by atoms with E-state index < -0.39 is 0 Å². The first-order chi connectivity index (χ1) is 17.5. The SMILES string of the molecule is CCOC(=O)c1ccc(N2CCN(c3nnc(Cc4ccc(Cl)cc4Cl)c4ccccc34)CC2)nc1. The largest absolute Gasteiger partial charge is 0.462 e. The Morgan fingerprint density at radius 2 is 1.69 bits per heavy atom. The van der Waals surface area contributed by atoms with Crippen LogP contribution >= 0.6 is 23.2 Å². The van der Waals surface area contributed by atoms with E-state index in [1.165, 1.54) is 0 Å². The van der Waals surface area contributed by atoms with Crippen molar-refractivity contribution in [1.82, 2.24) is 15.2 Å². The zero-order valence-electron chi connectivity index (χ0n) is 19.8. The molecular formula is C27H25Cl2N5O2. The van der Waals surface area contributed by atoms with E-state index in [4.69, 9.17) is 27.9 Å². The van der Waals surface area contributed by atoms with E-state index in [0.29, 0.717) is 28.6 Å². The number of aromatic nitrogens is 3. The lowest BCUT2D eigenvalue weighted by atomic mass is 10.0. The molecule has 0 radical (unpaired) electrons. The molecule has 184 valence electrons. The molecule has 2 aromatic heterocycles. The highest BCUT2D eigenvalue weighted by Gasteiger charge is 2.22. The smallest absolute Gasteiger partial charge is 0.339 e. The number of hydrogen-bond acceptors (Lipinski definition) is 7. The van der Waals surface area contributed by atoms with Gasteiger partial charge in [-0.25, -0.2) is 9.78 Å². The molecule has 36 heavy (non-hydrogen) atoms. The molecule has 0 amide bonds. The Bertz CT molecular complexity index is 1390. The number of halogens is 2. The Kier molecular flexibility index (Phi) is 7.20. The molecule has 0 atom stereocenters. The molecule has 5 rings (SSSR count). The summed E-state index contributed by atoms with van der Waals surface area (Å²) in [5.41, 5.74) is 2.30. The Hall–Kier alpha value is -3.42. The number of hydrogen-bond donors (Lipinski definition) is 0. The van der Waals surface area contributed by atoms with Crippen molar-refractivity contribution in [2.45, 2.75) is 13.3 Å². The molecule has 2 aromatic carbocycles. The number of nitrogens with zero attached hydrogens (tertiary/aromatic N) is 5. The highest BCUT2D eigenvalue weighted by atomic mass is 35.5. The third kappa shape index (κ3) is 5.08. The summed E-state index contributed by atoms with van der Waals surface area (Å²) in [5, 5.41) is 12.6. The van der Waals surface area contributed by atoms with E-state index in [2.05, 4.69) is 37.1 Å². The molecule has 1 fully saturated rings. The van der Waals surface area contributed by atoms with Crippen LogP contribution in [0.3, 0.4) is 0 Å². The highest BCUT2D eigenvalue weighted by Crippen LogP contribution is 2.30. The van der Waals surface area contributed by atoms with Gasteiger partial charge in [-0.3, -0.25) is 0 Å². The van der Waals surface area contributed by atoms with Crippen LogP contribution in [0, 0.1) is 0 Å². The summed E-state index contributed by atoms with van der Waals surface area (Å²) in [5.74, 6) is 1.37. The molecule has 7 nitrogen and oxygen atoms in total. The van der Waals surface area contributed by atoms with Crippen LogP contribution in [0.2, 0.25) is 10.0 Å². The topological polar surface area (TPSA) is 71.5 Å². The fraction of sp³-hybridized carbons (Fsp3) is 0.259. The van der Waals surface area contributed by atoms with E-state index in [1.807, 2.05) is 30.3 Å². The van der Waals surface area contributed by atoms with Gasteiger partial charge < -0.3 is 14.5 Å². The van der Waals surface area contributed by atoms with Gasteiger partial charge in [-0.2, -0.15) is 5.10 Å². The lowest BCUT2D eigenvalue weighted by Gasteiger charge is -2.36. The first-order valence-corrected chi connectivity index (χ1v) is 12.6. The summed E-state index contributed by atoms with van der Waals surface area (Å²) >= 11 is 12.5. The van der Waals surface area contributed by atoms with E-state index in [1.54, 1.807) is 25.3 Å². The second-order valence-electron chi connectivity index (χ2n) is 8.53. The maximum Gasteiger partial charge on any atom is 0.339 e. The Balaban J connectivity index is 1.32. The number of piperazine rings is 1. The normalized spacial score (nSPS) is 13.8. The second kappa shape index (κ2) is 10.7. The molecule has 3 heterocycles. The van der Waals surface area contributed by atoms with Gasteiger partial charge in [-0.15, -0.1) is 5.10 Å². The summed E-state index contributed by atoms with van der Waals surface area (Å²) in [6.07, 6.45) is 2.15. The van der Waals surface area contributed by atoms with Crippen LogP contribution in [0.25, 0.3) is 10.8 Å². The van der Waals surface area contributed by atoms with Crippen LogP contribution in [0.4, 0.5) is 11.6 Å². The van der Waals surface area contributed by atoms with Crippen molar-refractivity contribution in [2.75, 3.05) is 42.6 Å². The summed E-state index contributed by atoms with van der Waals surface area (Å²) in [6, 6.07) is 17.4. The number of carbonyl (C=O) groups excluding carboxylic acids is 1. The van der Waals surface area contributed by atoms with E-state index in [0.717, 1.165) is 59.8 Å². The van der Waals surface area contributed by atoms with Crippen molar-refractivity contribution in [3.05, 3.63) is 87.7 Å². The molecule has 1 aliphatic rings. The maximum atomic E-state index is 11.9. The van der Waals surface area contributed by atoms with Gasteiger partial charge in [0.15, 0.2) is 5.82 Å². The predicted octanol–water partition coefficient (Wildman–Crippen LogP) is 5.43. The summed E-state index contributed by atoms with van der Waals surface area (Å²) in [4.78, 5) is 20.8. The van der Waals surface area contributed by atoms with Gasteiger partial charge in [0.2, 0.25) is 0 Å². The van der Waals surface area contributed by atoms with Crippen molar-refractivity contribution >= 4 is 51.6 Å². The minimum Gasteiger partial charge on any atom is -0.462 e. The molecule has 0 aliphatic carbocycles. The zero-order valence-corrected chi connectivity index (χ0v) is 21.3. The second-order valence-corrected chi connectivity index (χ2v) is 9.37. The minimum atomic E-state index is -0.353. The quantitative estimate of drug-likeness (QED) is 0.313. The molecule has 1 aliphatic heterocycles. The van der Waals surface area contributed by atoms with Gasteiger partial charge in [0.05, 0.1) is 17.9 Å². The monoisotopic (exact) mass is 521 g/mol. The molecule has 0 N–H and O–H groups in total. The minimum absolute atomic E-state index is 0.343. The van der Waals surface area contributed by atoms with Crippen molar-refractivity contribution < 1.29 is 9.53 Å². The van der Waals surface area contributed by atoms with Crippen molar-refractivity contribution in [1.29, 1.82) is 0 Å². The van der Waals surface area contributed by atoms with Gasteiger partial charge in [-0.05, 0) is 36.8 Å². The molecule has 1 saturated heterocycles. The average Bonchev–Trinajstić information content (AvgIpc) is 2.91. The van der Waals surface area contributed by atoms with Crippen LogP contribution in [0.15, 0.2) is 60.8 Å². The van der Waals surface area contributed by atoms with Gasteiger partial charge in [0, 0.05) is 59.6 Å². The standard InChI is InChI=1S/C27H25Cl2N5O2/c1-2-36-27(35)19-8-10-25(30-17-19)33-11-13-34(14-12-33)26-22-6-4-3-5-21(22)24(31-32-26)15-18-7-9-20(28)16-23(18)29/h3-10,16-17H,2,11-15H2,1H3. The van der Waals surface area contributed by atoms with Gasteiger partial charge in [0.25, 0.3) is 0 Å². The molecule has 4 aromatic rings. The number of benzene rings is 2. The summed E-state index contributed by atoms with van der Waals surface area (Å²) in [6.45, 7) is 5.25. The van der Waals surface area contributed by atoms with E-state index in [-0.39, 0.29) is 5.97 Å². The van der Waals surface area contributed by atoms with Crippen LogP contribution in [0.5, 0.6) is 0 Å². The number of pyridine rings is 1. The Labute approximate surface area is 219 Å². The van der Waals surface area contributed by atoms with Crippen LogP contribution in [-0.2, 0) is 11.2 Å². The number of esters is 1. The lowest BCUT2D eigenvalue weighted by molar-refractivity contribution is 0.0526. The highest BCUT2D eigenvalue weighted by molar-refractivity contribution is 6.35. The van der Waals surface area contributed by atoms with Crippen LogP contribution < -0.4 is 9.80 Å². The Morgan fingerprint density at radius 3 is 2.39 bits per heavy atom. The maximum absolute atomic E-state index is 11.9. The third-order valence-electron chi connectivity index (χ3n) is 6.28. The summed E-state index contributed by atoms with van der Waals surface area (Å²) in [7, 11) is 0. The van der Waals surface area contributed by atoms with E-state index in [9.17, 15) is 4.79 Å².